The second-order valence-electron chi connectivity index (χ2n) is 14.5. The van der Waals surface area contributed by atoms with Crippen molar-refractivity contribution in [3.8, 4) is 23.0 Å². The predicted octanol–water partition coefficient (Wildman–Crippen LogP) is 8.90. The van der Waals surface area contributed by atoms with E-state index in [0.29, 0.717) is 54.6 Å². The van der Waals surface area contributed by atoms with Crippen LogP contribution in [0.4, 0.5) is 10.5 Å². The van der Waals surface area contributed by atoms with E-state index in [2.05, 4.69) is 24.9 Å². The Labute approximate surface area is 340 Å². The van der Waals surface area contributed by atoms with Gasteiger partial charge in [-0.25, -0.2) is 4.79 Å². The van der Waals surface area contributed by atoms with Gasteiger partial charge in [0.15, 0.2) is 0 Å². The molecule has 11 nitrogen and oxygen atoms in total. The zero-order valence-corrected chi connectivity index (χ0v) is 34.0. The minimum absolute atomic E-state index is 0.111. The molecule has 3 aliphatic rings. The van der Waals surface area contributed by atoms with E-state index in [9.17, 15) is 15.0 Å². The van der Waals surface area contributed by atoms with Crippen molar-refractivity contribution in [3.05, 3.63) is 102 Å². The highest BCUT2D eigenvalue weighted by Gasteiger charge is 2.63. The molecule has 1 fully saturated rings. The van der Waals surface area contributed by atoms with Crippen LogP contribution in [-0.4, -0.2) is 72.8 Å². The number of aliphatic hydroxyl groups excluding tert-OH is 2. The molecule has 0 spiro atoms. The number of thioether (sulfide) groups is 1. The molecule has 0 bridgehead atoms. The minimum Gasteiger partial charge on any atom is -0.497 e. The Bertz CT molecular complexity index is 1870. The number of amides is 1. The molecule has 6 unspecified atom stereocenters. The van der Waals surface area contributed by atoms with Gasteiger partial charge in [-0.3, -0.25) is 5.32 Å². The second-order valence-corrected chi connectivity index (χ2v) is 16.0. The zero-order chi connectivity index (χ0) is 40.2. The van der Waals surface area contributed by atoms with Crippen LogP contribution in [0.15, 0.2) is 96.2 Å². The summed E-state index contributed by atoms with van der Waals surface area (Å²) in [6.45, 7) is 7.00. The van der Waals surface area contributed by atoms with Gasteiger partial charge < -0.3 is 38.7 Å². The van der Waals surface area contributed by atoms with E-state index >= 15 is 0 Å². The van der Waals surface area contributed by atoms with Gasteiger partial charge in [0.25, 0.3) is 0 Å². The maximum Gasteiger partial charge on any atom is 0.417 e. The Morgan fingerprint density at radius 3 is 2.49 bits per heavy atom. The fourth-order valence-corrected chi connectivity index (χ4v) is 9.82. The number of aliphatic hydroxyl groups is 2. The molecule has 6 rings (SSSR count). The molecule has 6 atom stereocenters. The number of hydrogen-bond acceptors (Lipinski definition) is 11. The third-order valence-electron chi connectivity index (χ3n) is 11.1. The molecule has 3 N–H and O–H groups in total. The van der Waals surface area contributed by atoms with E-state index in [1.165, 1.54) is 7.11 Å². The van der Waals surface area contributed by atoms with Gasteiger partial charge in [0.2, 0.25) is 5.79 Å². The number of unbranched alkanes of at least 4 members (excludes halogenated alkanes) is 2. The Kier molecular flexibility index (Phi) is 15.0. The number of fused-ring (bicyclic) bond motifs is 2. The van der Waals surface area contributed by atoms with Gasteiger partial charge in [0.05, 0.1) is 43.4 Å². The van der Waals surface area contributed by atoms with Crippen molar-refractivity contribution in [1.29, 1.82) is 0 Å². The number of anilines is 1. The number of benzene rings is 3. The Morgan fingerprint density at radius 2 is 1.77 bits per heavy atom. The first-order valence-corrected chi connectivity index (χ1v) is 21.0. The Balaban J connectivity index is 1.45. The summed E-state index contributed by atoms with van der Waals surface area (Å²) >= 11 is 1.79. The van der Waals surface area contributed by atoms with Crippen LogP contribution >= 0.6 is 11.8 Å². The van der Waals surface area contributed by atoms with Crippen molar-refractivity contribution < 1.29 is 43.5 Å². The molecule has 0 saturated heterocycles. The van der Waals surface area contributed by atoms with Crippen LogP contribution in [0.3, 0.4) is 0 Å². The van der Waals surface area contributed by atoms with Crippen LogP contribution in [-0.2, 0) is 16.2 Å². The van der Waals surface area contributed by atoms with E-state index in [4.69, 9.17) is 33.7 Å². The summed E-state index contributed by atoms with van der Waals surface area (Å²) < 4.78 is 30.9. The highest BCUT2D eigenvalue weighted by Crippen LogP contribution is 2.62. The van der Waals surface area contributed by atoms with E-state index in [-0.39, 0.29) is 48.7 Å². The van der Waals surface area contributed by atoms with Crippen molar-refractivity contribution in [3.63, 3.8) is 0 Å². The van der Waals surface area contributed by atoms with Crippen LogP contribution in [0.25, 0.3) is 0 Å². The molecule has 1 saturated carbocycles. The molecule has 1 aliphatic heterocycles. The van der Waals surface area contributed by atoms with Crippen LogP contribution in [0.2, 0.25) is 0 Å². The largest absolute Gasteiger partial charge is 0.497 e. The standard InChI is InChI=1S/C45H56N2O9S/c1-5-24-53-45-41(57-6-2)28-38(47-54-29-30-14-8-7-9-15-30)35-25-31(16-10-12-22-48)34(17-11-13-23-49)42(43(35)45)36-26-33(19-21-39(36)56-45)55-44(50)46-37-20-18-32(51-3)27-40(37)52-4/h5,7-9,14-15,18-21,25-27,31,34,41-43,48-49H,1,6,10-13,16-17,22-24,28-29H2,2-4H3,(H,46,50). The molecule has 1 heterocycles. The topological polar surface area (TPSA) is 137 Å². The monoisotopic (exact) mass is 800 g/mol. The number of rotatable bonds is 20. The van der Waals surface area contributed by atoms with Crippen molar-refractivity contribution in [2.75, 3.05) is 45.1 Å². The van der Waals surface area contributed by atoms with Gasteiger partial charge in [-0.05, 0) is 84.7 Å². The van der Waals surface area contributed by atoms with Gasteiger partial charge in [-0.1, -0.05) is 67.4 Å². The summed E-state index contributed by atoms with van der Waals surface area (Å²) in [6, 6.07) is 20.7. The van der Waals surface area contributed by atoms with Gasteiger partial charge in [-0.15, -0.1) is 6.58 Å². The van der Waals surface area contributed by atoms with Crippen molar-refractivity contribution in [2.45, 2.75) is 75.4 Å². The van der Waals surface area contributed by atoms with Crippen molar-refractivity contribution in [2.24, 2.45) is 22.9 Å². The summed E-state index contributed by atoms with van der Waals surface area (Å²) in [6.07, 6.45) is 8.80. The van der Waals surface area contributed by atoms with E-state index < -0.39 is 11.9 Å². The average molecular weight is 801 g/mol. The summed E-state index contributed by atoms with van der Waals surface area (Å²) in [5, 5.41) is 27.2. The summed E-state index contributed by atoms with van der Waals surface area (Å²) in [4.78, 5) is 19.5. The van der Waals surface area contributed by atoms with Crippen LogP contribution in [0.1, 0.15) is 68.9 Å². The second kappa shape index (κ2) is 20.3. The number of nitrogens with zero attached hydrogens (tertiary/aromatic N) is 1. The van der Waals surface area contributed by atoms with E-state index in [0.717, 1.165) is 53.8 Å². The first-order chi connectivity index (χ1) is 27.9. The molecule has 0 radical (unpaired) electrons. The summed E-state index contributed by atoms with van der Waals surface area (Å²) in [5.74, 6) is 1.65. The first-order valence-electron chi connectivity index (χ1n) is 20.0. The summed E-state index contributed by atoms with van der Waals surface area (Å²) in [5.41, 5.74) is 4.30. The summed E-state index contributed by atoms with van der Waals surface area (Å²) in [7, 11) is 3.09. The number of carbonyl (C=O) groups excluding carboxylic acids is 1. The molecule has 2 aliphatic carbocycles. The van der Waals surface area contributed by atoms with E-state index in [1.54, 1.807) is 49.2 Å². The van der Waals surface area contributed by atoms with Crippen LogP contribution in [0, 0.1) is 17.8 Å². The number of ether oxygens (including phenoxy) is 5. The lowest BCUT2D eigenvalue weighted by atomic mass is 9.56. The van der Waals surface area contributed by atoms with Crippen LogP contribution in [0.5, 0.6) is 23.0 Å². The number of carbonyl (C=O) groups is 1. The van der Waals surface area contributed by atoms with Crippen LogP contribution < -0.4 is 24.3 Å². The average Bonchev–Trinajstić information content (AvgIpc) is 3.23. The molecule has 3 aromatic carbocycles. The molecule has 57 heavy (non-hydrogen) atoms. The highest BCUT2D eigenvalue weighted by molar-refractivity contribution is 8.00. The lowest BCUT2D eigenvalue weighted by Crippen LogP contribution is -2.64. The first kappa shape index (κ1) is 42.1. The predicted molar refractivity (Wildman–Crippen MR) is 224 cm³/mol. The number of methoxy groups -OCH3 is 2. The van der Waals surface area contributed by atoms with Crippen molar-refractivity contribution in [1.82, 2.24) is 0 Å². The van der Waals surface area contributed by atoms with Gasteiger partial charge in [0.1, 0.15) is 29.6 Å². The van der Waals surface area contributed by atoms with Crippen molar-refractivity contribution >= 4 is 29.3 Å². The normalized spacial score (nSPS) is 24.0. The SMILES string of the molecule is C=CCOC12Oc3ccc(OC(=O)Nc4ccc(OC)cc4OC)cc3C3C(CCCCO)C(CCCCO)C=C(C(=NOCc4ccccc4)CC1SCC)C32. The third kappa shape index (κ3) is 9.63. The quantitative estimate of drug-likeness (QED) is 0.0577. The molecular weight excluding hydrogens is 745 g/mol. The highest BCUT2D eigenvalue weighted by atomic mass is 32.2. The Hall–Kier alpha value is -4.49. The molecule has 1 amide bonds. The molecular formula is C45H56N2O9S. The zero-order valence-electron chi connectivity index (χ0n) is 33.2. The molecule has 306 valence electrons. The lowest BCUT2D eigenvalue weighted by Gasteiger charge is -2.58. The smallest absolute Gasteiger partial charge is 0.417 e. The minimum atomic E-state index is -1.06. The fraction of sp³-hybridized carbons (Fsp3) is 0.467. The van der Waals surface area contributed by atoms with E-state index in [1.807, 2.05) is 42.5 Å². The maximum absolute atomic E-state index is 13.4. The fourth-order valence-electron chi connectivity index (χ4n) is 8.64. The number of oxime groups is 1. The Morgan fingerprint density at radius 1 is 1.00 bits per heavy atom. The number of nitrogens with one attached hydrogen (secondary N) is 1. The van der Waals surface area contributed by atoms with Gasteiger partial charge in [-0.2, -0.15) is 11.8 Å². The maximum atomic E-state index is 13.4. The lowest BCUT2D eigenvalue weighted by molar-refractivity contribution is -0.223. The number of allylic oxidation sites excluding steroid dienone is 1. The van der Waals surface area contributed by atoms with Gasteiger partial charge >= 0.3 is 6.09 Å². The molecule has 0 aromatic heterocycles. The molecule has 12 heteroatoms. The van der Waals surface area contributed by atoms with Gasteiger partial charge in [0, 0.05) is 37.2 Å². The third-order valence-corrected chi connectivity index (χ3v) is 12.3. The number of hydrogen-bond donors (Lipinski definition) is 3. The molecule has 3 aromatic rings.